The molecule has 0 amide bonds. The van der Waals surface area contributed by atoms with Crippen LogP contribution in [0.3, 0.4) is 0 Å². The van der Waals surface area contributed by atoms with Crippen molar-refractivity contribution in [1.29, 1.82) is 0 Å². The van der Waals surface area contributed by atoms with Crippen LogP contribution in [0.1, 0.15) is 36.8 Å². The molecule has 1 heterocycles. The van der Waals surface area contributed by atoms with Gasteiger partial charge in [-0.3, -0.25) is 0 Å². The average Bonchev–Trinajstić information content (AvgIpc) is 2.99. The molecule has 0 N–H and O–H groups in total. The quantitative estimate of drug-likeness (QED) is 0.368. The first-order chi connectivity index (χ1) is 13.5. The summed E-state index contributed by atoms with van der Waals surface area (Å²) in [6.45, 7) is 7.19. The second-order valence-electron chi connectivity index (χ2n) is 7.49. The van der Waals surface area contributed by atoms with Crippen molar-refractivity contribution >= 4 is 38.4 Å². The molecule has 0 fully saturated rings. The van der Waals surface area contributed by atoms with E-state index in [0.717, 1.165) is 0 Å². The third kappa shape index (κ3) is 4.23. The van der Waals surface area contributed by atoms with Crippen molar-refractivity contribution in [2.24, 2.45) is 0 Å². The molecule has 0 aliphatic rings. The first kappa shape index (κ1) is 21.5. The Bertz CT molecular complexity index is 1160. The number of carbonyl (C=O) groups excluding carboxylic acids is 1. The van der Waals surface area contributed by atoms with Gasteiger partial charge in [-0.2, -0.15) is 5.10 Å². The van der Waals surface area contributed by atoms with Gasteiger partial charge in [0.05, 0.1) is 21.7 Å². The highest BCUT2D eigenvalue weighted by molar-refractivity contribution is 14.1. The number of benzene rings is 2. The molecule has 0 radical (unpaired) electrons. The van der Waals surface area contributed by atoms with E-state index in [1.54, 1.807) is 43.3 Å². The molecule has 2 aromatic carbocycles. The van der Waals surface area contributed by atoms with E-state index in [9.17, 15) is 13.2 Å². The van der Waals surface area contributed by atoms with E-state index in [0.29, 0.717) is 9.13 Å². The molecule has 29 heavy (non-hydrogen) atoms. The molecule has 1 aromatic heterocycles. The highest BCUT2D eigenvalue weighted by atomic mass is 127. The number of aryl methyl sites for hydroxylation is 1. The number of aromatic nitrogens is 2. The summed E-state index contributed by atoms with van der Waals surface area (Å²) >= 11 is 2.04. The van der Waals surface area contributed by atoms with Gasteiger partial charge in [-0.15, -0.1) is 0 Å². The van der Waals surface area contributed by atoms with Gasteiger partial charge in [0.15, 0.2) is 4.90 Å². The zero-order valence-corrected chi connectivity index (χ0v) is 19.5. The molecular weight excluding hydrogens is 503 g/mol. The SMILES string of the molecule is Cc1nn(C(C)(C)C)c(OC(=O)c2ccccc2I)c1S(=O)(=O)c1ccccc1. The van der Waals surface area contributed by atoms with Crippen molar-refractivity contribution in [1.82, 2.24) is 9.78 Å². The number of sulfone groups is 1. The fraction of sp³-hybridized carbons (Fsp3) is 0.238. The highest BCUT2D eigenvalue weighted by Crippen LogP contribution is 2.36. The molecule has 0 unspecified atom stereocenters. The number of hydrogen-bond donors (Lipinski definition) is 0. The summed E-state index contributed by atoms with van der Waals surface area (Å²) in [7, 11) is -3.94. The molecule has 3 aromatic rings. The topological polar surface area (TPSA) is 78.3 Å². The lowest BCUT2D eigenvalue weighted by molar-refractivity contribution is 0.0702. The summed E-state index contributed by atoms with van der Waals surface area (Å²) in [5, 5.41) is 4.40. The Labute approximate surface area is 184 Å². The van der Waals surface area contributed by atoms with Gasteiger partial charge in [0.1, 0.15) is 0 Å². The summed E-state index contributed by atoms with van der Waals surface area (Å²) in [5.41, 5.74) is 0.0269. The zero-order valence-electron chi connectivity index (χ0n) is 16.5. The van der Waals surface area contributed by atoms with Gasteiger partial charge in [0.2, 0.25) is 15.7 Å². The molecule has 152 valence electrons. The Morgan fingerprint density at radius 3 is 2.21 bits per heavy atom. The number of ether oxygens (including phenoxy) is 1. The lowest BCUT2D eigenvalue weighted by Crippen LogP contribution is -2.26. The van der Waals surface area contributed by atoms with Crippen LogP contribution >= 0.6 is 22.6 Å². The smallest absolute Gasteiger partial charge is 0.345 e. The summed E-state index contributed by atoms with van der Waals surface area (Å²) in [6.07, 6.45) is 0. The Kier molecular flexibility index (Phi) is 5.86. The minimum atomic E-state index is -3.94. The molecule has 0 aliphatic heterocycles. The average molecular weight is 524 g/mol. The van der Waals surface area contributed by atoms with E-state index in [2.05, 4.69) is 5.10 Å². The predicted octanol–water partition coefficient (Wildman–Crippen LogP) is 4.60. The van der Waals surface area contributed by atoms with Gasteiger partial charge in [-0.05, 0) is 74.6 Å². The van der Waals surface area contributed by atoms with Crippen molar-refractivity contribution in [3.63, 3.8) is 0 Å². The number of nitrogens with zero attached hydrogens (tertiary/aromatic N) is 2. The third-order valence-electron chi connectivity index (χ3n) is 4.21. The Morgan fingerprint density at radius 2 is 1.62 bits per heavy atom. The van der Waals surface area contributed by atoms with E-state index in [-0.39, 0.29) is 21.4 Å². The first-order valence-corrected chi connectivity index (χ1v) is 11.5. The van der Waals surface area contributed by atoms with Crippen LogP contribution in [-0.2, 0) is 15.4 Å². The Morgan fingerprint density at radius 1 is 1.03 bits per heavy atom. The van der Waals surface area contributed by atoms with Gasteiger partial charge < -0.3 is 4.74 Å². The molecule has 0 saturated heterocycles. The van der Waals surface area contributed by atoms with Gasteiger partial charge in [0.25, 0.3) is 0 Å². The monoisotopic (exact) mass is 524 g/mol. The number of carbonyl (C=O) groups is 1. The van der Waals surface area contributed by atoms with E-state index >= 15 is 0 Å². The second-order valence-corrected chi connectivity index (χ2v) is 10.5. The van der Waals surface area contributed by atoms with Gasteiger partial charge in [-0.25, -0.2) is 17.9 Å². The molecule has 0 atom stereocenters. The number of esters is 1. The Hall–Kier alpha value is -2.20. The molecule has 8 heteroatoms. The van der Waals surface area contributed by atoms with Crippen LogP contribution in [0.2, 0.25) is 0 Å². The summed E-state index contributed by atoms with van der Waals surface area (Å²) in [5.74, 6) is -0.714. The fourth-order valence-electron chi connectivity index (χ4n) is 2.83. The maximum absolute atomic E-state index is 13.4. The minimum Gasteiger partial charge on any atom is -0.403 e. The second kappa shape index (κ2) is 7.91. The van der Waals surface area contributed by atoms with Gasteiger partial charge in [-0.1, -0.05) is 30.3 Å². The maximum Gasteiger partial charge on any atom is 0.345 e. The summed E-state index contributed by atoms with van der Waals surface area (Å²) in [4.78, 5) is 12.9. The van der Waals surface area contributed by atoms with E-state index < -0.39 is 21.3 Å². The number of halogens is 1. The molecule has 0 spiro atoms. The predicted molar refractivity (Wildman–Crippen MR) is 118 cm³/mol. The molecule has 3 rings (SSSR count). The largest absolute Gasteiger partial charge is 0.403 e. The van der Waals surface area contributed by atoms with Crippen LogP contribution in [-0.4, -0.2) is 24.2 Å². The van der Waals surface area contributed by atoms with Crippen LogP contribution < -0.4 is 4.74 Å². The number of hydrogen-bond acceptors (Lipinski definition) is 5. The molecule has 6 nitrogen and oxygen atoms in total. The van der Waals surface area contributed by atoms with Crippen LogP contribution in [0.5, 0.6) is 5.88 Å². The molecule has 0 aliphatic carbocycles. The third-order valence-corrected chi connectivity index (χ3v) is 7.05. The minimum absolute atomic E-state index is 0.0801. The van der Waals surface area contributed by atoms with Crippen molar-refractivity contribution in [2.75, 3.05) is 0 Å². The maximum atomic E-state index is 13.4. The van der Waals surface area contributed by atoms with Crippen LogP contribution in [0.25, 0.3) is 0 Å². The van der Waals surface area contributed by atoms with Crippen LogP contribution in [0, 0.1) is 10.5 Å². The lowest BCUT2D eigenvalue weighted by Gasteiger charge is -2.22. The van der Waals surface area contributed by atoms with Crippen molar-refractivity contribution in [3.05, 3.63) is 69.4 Å². The highest BCUT2D eigenvalue weighted by Gasteiger charge is 2.34. The zero-order chi connectivity index (χ0) is 21.4. The van der Waals surface area contributed by atoms with Crippen LogP contribution in [0.15, 0.2) is 64.4 Å². The van der Waals surface area contributed by atoms with Crippen molar-refractivity contribution in [2.45, 2.75) is 43.0 Å². The van der Waals surface area contributed by atoms with E-state index in [4.69, 9.17) is 4.74 Å². The standard InChI is InChI=1S/C21H21IN2O4S/c1-14-18(29(26,27)15-10-6-5-7-11-15)19(24(23-14)21(2,3)4)28-20(25)16-12-8-9-13-17(16)22/h5-13H,1-4H3. The van der Waals surface area contributed by atoms with Gasteiger partial charge >= 0.3 is 5.97 Å². The first-order valence-electron chi connectivity index (χ1n) is 8.90. The molecule has 0 saturated carbocycles. The Balaban J connectivity index is 2.20. The number of rotatable bonds is 4. The van der Waals surface area contributed by atoms with Crippen LogP contribution in [0.4, 0.5) is 0 Å². The van der Waals surface area contributed by atoms with Crippen molar-refractivity contribution in [3.8, 4) is 5.88 Å². The normalized spacial score (nSPS) is 12.0. The molecule has 0 bridgehead atoms. The summed E-state index contributed by atoms with van der Waals surface area (Å²) in [6, 6.07) is 15.0. The van der Waals surface area contributed by atoms with Gasteiger partial charge in [0, 0.05) is 3.57 Å². The summed E-state index contributed by atoms with van der Waals surface area (Å²) < 4.78 is 34.5. The molecular formula is C21H21IN2O4S. The fourth-order valence-corrected chi connectivity index (χ4v) is 4.98. The lowest BCUT2D eigenvalue weighted by atomic mass is 10.1. The van der Waals surface area contributed by atoms with E-state index in [1.165, 1.54) is 16.8 Å². The van der Waals surface area contributed by atoms with E-state index in [1.807, 2.05) is 49.4 Å². The van der Waals surface area contributed by atoms with Crippen molar-refractivity contribution < 1.29 is 17.9 Å².